The van der Waals surface area contributed by atoms with Crippen LogP contribution in [0.25, 0.3) is 0 Å². The molecule has 2 unspecified atom stereocenters. The quantitative estimate of drug-likeness (QED) is 0.346. The molecule has 0 aliphatic heterocycles. The van der Waals surface area contributed by atoms with E-state index in [2.05, 4.69) is 0 Å². The van der Waals surface area contributed by atoms with E-state index in [9.17, 15) is 21.6 Å². The SMILES string of the molecule is CCCC(C)[Si](CC(C)(C)C)(OS(=O)(=O)C(F)(F)F)C(C)CCC. The molecule has 0 heterocycles. The Morgan fingerprint density at radius 3 is 1.58 bits per heavy atom. The fourth-order valence-corrected chi connectivity index (χ4v) is 11.9. The highest BCUT2D eigenvalue weighted by molar-refractivity contribution is 7.88. The van der Waals surface area contributed by atoms with Crippen LogP contribution in [0.2, 0.25) is 17.1 Å². The molecule has 0 aromatic carbocycles. The van der Waals surface area contributed by atoms with Crippen LogP contribution in [0.1, 0.15) is 74.1 Å². The van der Waals surface area contributed by atoms with E-state index >= 15 is 0 Å². The summed E-state index contributed by atoms with van der Waals surface area (Å²) in [5, 5.41) is 0. The molecule has 24 heavy (non-hydrogen) atoms. The third kappa shape index (κ3) is 6.33. The summed E-state index contributed by atoms with van der Waals surface area (Å²) < 4.78 is 67.9. The second-order valence-electron chi connectivity index (χ2n) is 8.06. The molecule has 0 rings (SSSR count). The van der Waals surface area contributed by atoms with Crippen LogP contribution in [-0.2, 0) is 14.0 Å². The van der Waals surface area contributed by atoms with Crippen molar-refractivity contribution in [3.05, 3.63) is 0 Å². The maximum Gasteiger partial charge on any atom is 0.522 e. The van der Waals surface area contributed by atoms with Crippen LogP contribution in [-0.4, -0.2) is 22.2 Å². The van der Waals surface area contributed by atoms with Gasteiger partial charge < -0.3 is 3.87 Å². The molecule has 146 valence electrons. The van der Waals surface area contributed by atoms with Crippen LogP contribution in [0.4, 0.5) is 13.2 Å². The Morgan fingerprint density at radius 2 is 1.33 bits per heavy atom. The average Bonchev–Trinajstić information content (AvgIpc) is 2.34. The predicted molar refractivity (Wildman–Crippen MR) is 94.7 cm³/mol. The van der Waals surface area contributed by atoms with E-state index in [0.717, 1.165) is 12.8 Å². The number of rotatable bonds is 9. The molecule has 0 N–H and O–H groups in total. The zero-order valence-electron chi connectivity index (χ0n) is 16.0. The van der Waals surface area contributed by atoms with Crippen LogP contribution in [0.15, 0.2) is 0 Å². The van der Waals surface area contributed by atoms with E-state index in [1.54, 1.807) is 0 Å². The molecule has 0 aliphatic carbocycles. The third-order valence-electron chi connectivity index (χ3n) is 4.47. The minimum absolute atomic E-state index is 0.166. The molecule has 0 saturated carbocycles. The summed E-state index contributed by atoms with van der Waals surface area (Å²) in [5.41, 5.74) is -6.01. The normalized spacial score (nSPS) is 18.9. The van der Waals surface area contributed by atoms with Gasteiger partial charge in [-0.1, -0.05) is 74.1 Å². The zero-order valence-corrected chi connectivity index (χ0v) is 17.8. The largest absolute Gasteiger partial charge is 0.522 e. The number of halogens is 3. The van der Waals surface area contributed by atoms with Gasteiger partial charge in [0, 0.05) is 0 Å². The first-order valence-electron chi connectivity index (χ1n) is 8.65. The molecule has 0 bridgehead atoms. The second-order valence-corrected chi connectivity index (χ2v) is 14.3. The highest BCUT2D eigenvalue weighted by Gasteiger charge is 2.57. The molecule has 0 amide bonds. The van der Waals surface area contributed by atoms with E-state index < -0.39 is 23.9 Å². The summed E-state index contributed by atoms with van der Waals surface area (Å²) in [6.45, 7) is 13.4. The summed E-state index contributed by atoms with van der Waals surface area (Å²) in [4.78, 5) is 0. The summed E-state index contributed by atoms with van der Waals surface area (Å²) in [7, 11) is -8.83. The fourth-order valence-electron chi connectivity index (χ4n) is 3.46. The van der Waals surface area contributed by atoms with E-state index in [1.165, 1.54) is 0 Å². The molecule has 3 nitrogen and oxygen atoms in total. The Hall–Kier alpha value is -0.0831. The summed E-state index contributed by atoms with van der Waals surface area (Å²) in [6, 6.07) is 0.387. The van der Waals surface area contributed by atoms with Gasteiger partial charge in [-0.3, -0.25) is 0 Å². The standard InChI is InChI=1S/C16H33F3O3SSi/c1-8-10-13(3)24(12-15(5,6)7,14(4)11-9-2)22-23(20,21)16(17,18)19/h13-14H,8-12H2,1-7H3. The molecule has 0 spiro atoms. The van der Waals surface area contributed by atoms with E-state index in [1.807, 2.05) is 48.5 Å². The van der Waals surface area contributed by atoms with Crippen molar-refractivity contribution in [2.45, 2.75) is 96.8 Å². The van der Waals surface area contributed by atoms with Crippen LogP contribution < -0.4 is 0 Å². The Balaban J connectivity index is 6.17. The van der Waals surface area contributed by atoms with E-state index in [0.29, 0.717) is 18.9 Å². The van der Waals surface area contributed by atoms with Gasteiger partial charge in [-0.05, 0) is 22.5 Å². The van der Waals surface area contributed by atoms with Crippen molar-refractivity contribution in [3.63, 3.8) is 0 Å². The van der Waals surface area contributed by atoms with Crippen molar-refractivity contribution in [1.29, 1.82) is 0 Å². The first-order valence-corrected chi connectivity index (χ1v) is 12.3. The first kappa shape index (κ1) is 23.9. The van der Waals surface area contributed by atoms with Gasteiger partial charge in [0.25, 0.3) is 0 Å². The molecule has 0 aromatic rings. The molecular formula is C16H33F3O3SSi. The van der Waals surface area contributed by atoms with Gasteiger partial charge >= 0.3 is 15.6 Å². The Kier molecular flexibility index (Phi) is 8.50. The summed E-state index contributed by atoms with van der Waals surface area (Å²) >= 11 is 0. The molecule has 0 aliphatic rings. The van der Waals surface area contributed by atoms with E-state index in [-0.39, 0.29) is 16.5 Å². The molecule has 0 saturated heterocycles. The van der Waals surface area contributed by atoms with E-state index in [4.69, 9.17) is 3.87 Å². The highest BCUT2D eigenvalue weighted by Crippen LogP contribution is 2.48. The second kappa shape index (κ2) is 8.53. The molecular weight excluding hydrogens is 357 g/mol. The topological polar surface area (TPSA) is 43.4 Å². The molecule has 0 radical (unpaired) electrons. The lowest BCUT2D eigenvalue weighted by molar-refractivity contribution is -0.0506. The van der Waals surface area contributed by atoms with Gasteiger partial charge in [0.2, 0.25) is 8.32 Å². The minimum atomic E-state index is -5.59. The molecule has 2 atom stereocenters. The van der Waals surface area contributed by atoms with Crippen molar-refractivity contribution in [1.82, 2.24) is 0 Å². The number of hydrogen-bond donors (Lipinski definition) is 0. The Morgan fingerprint density at radius 1 is 0.958 bits per heavy atom. The third-order valence-corrected chi connectivity index (χ3v) is 12.7. The van der Waals surface area contributed by atoms with Crippen LogP contribution in [0.5, 0.6) is 0 Å². The number of hydrogen-bond acceptors (Lipinski definition) is 3. The van der Waals surface area contributed by atoms with Gasteiger partial charge in [0.05, 0.1) is 0 Å². The minimum Gasteiger partial charge on any atom is -0.307 e. The average molecular weight is 391 g/mol. The Labute approximate surface area is 146 Å². The lowest BCUT2D eigenvalue weighted by Crippen LogP contribution is -2.52. The van der Waals surface area contributed by atoms with Crippen molar-refractivity contribution in [3.8, 4) is 0 Å². The maximum absolute atomic E-state index is 13.0. The van der Waals surface area contributed by atoms with Gasteiger partial charge in [0.1, 0.15) is 0 Å². The Bertz CT molecular complexity index is 472. The summed E-state index contributed by atoms with van der Waals surface area (Å²) in [5.74, 6) is 0. The highest BCUT2D eigenvalue weighted by atomic mass is 32.2. The van der Waals surface area contributed by atoms with Crippen molar-refractivity contribution >= 4 is 18.4 Å². The lowest BCUT2D eigenvalue weighted by Gasteiger charge is -2.44. The van der Waals surface area contributed by atoms with Gasteiger partial charge in [-0.25, -0.2) is 0 Å². The van der Waals surface area contributed by atoms with Gasteiger partial charge in [-0.2, -0.15) is 21.6 Å². The molecule has 8 heteroatoms. The smallest absolute Gasteiger partial charge is 0.307 e. The van der Waals surface area contributed by atoms with Crippen LogP contribution in [0, 0.1) is 5.41 Å². The maximum atomic E-state index is 13.0. The van der Waals surface area contributed by atoms with Crippen LogP contribution in [0.3, 0.4) is 0 Å². The fraction of sp³-hybridized carbons (Fsp3) is 1.00. The van der Waals surface area contributed by atoms with Crippen molar-refractivity contribution in [2.75, 3.05) is 0 Å². The number of alkyl halides is 3. The lowest BCUT2D eigenvalue weighted by atomic mass is 10.0. The first-order chi connectivity index (χ1) is 10.6. The molecule has 0 fully saturated rings. The van der Waals surface area contributed by atoms with Crippen LogP contribution >= 0.6 is 0 Å². The predicted octanol–water partition coefficient (Wildman–Crippen LogP) is 6.22. The molecule has 0 aromatic heterocycles. The zero-order chi connectivity index (χ0) is 19.4. The summed E-state index contributed by atoms with van der Waals surface area (Å²) in [6.07, 6.45) is 2.91. The monoisotopic (exact) mass is 390 g/mol. The van der Waals surface area contributed by atoms with Gasteiger partial charge in [0.15, 0.2) is 0 Å². The van der Waals surface area contributed by atoms with Gasteiger partial charge in [-0.15, -0.1) is 0 Å². The van der Waals surface area contributed by atoms with Crippen molar-refractivity contribution in [2.24, 2.45) is 5.41 Å². The van der Waals surface area contributed by atoms with Crippen molar-refractivity contribution < 1.29 is 25.5 Å².